The van der Waals surface area contributed by atoms with Crippen LogP contribution in [0.25, 0.3) is 0 Å². The summed E-state index contributed by atoms with van der Waals surface area (Å²) < 4.78 is 0. The molecule has 0 rings (SSSR count). The van der Waals surface area contributed by atoms with E-state index in [9.17, 15) is 4.79 Å². The van der Waals surface area contributed by atoms with Crippen molar-refractivity contribution in [3.63, 3.8) is 0 Å². The molecule has 0 aliphatic rings. The summed E-state index contributed by atoms with van der Waals surface area (Å²) in [7, 11) is 0. The van der Waals surface area contributed by atoms with Crippen molar-refractivity contribution in [3.8, 4) is 0 Å². The van der Waals surface area contributed by atoms with Crippen LogP contribution < -0.4 is 5.73 Å². The first kappa shape index (κ1) is 14.4. The quantitative estimate of drug-likeness (QED) is 0.703. The van der Waals surface area contributed by atoms with Crippen molar-refractivity contribution in [2.24, 2.45) is 17.6 Å². The molecule has 0 aromatic heterocycles. The fourth-order valence-corrected chi connectivity index (χ4v) is 1.57. The molecule has 0 aliphatic carbocycles. The molecule has 0 spiro atoms. The molecule has 3 nitrogen and oxygen atoms in total. The number of hydrogen-bond donors (Lipinski definition) is 1. The monoisotopic (exact) mass is 214 g/mol. The van der Waals surface area contributed by atoms with Gasteiger partial charge in [-0.2, -0.15) is 0 Å². The van der Waals surface area contributed by atoms with Crippen molar-refractivity contribution in [2.45, 2.75) is 40.5 Å². The molecule has 0 unspecified atom stereocenters. The molecule has 0 saturated heterocycles. The molecule has 0 bridgehead atoms. The molecule has 0 aliphatic heterocycles. The van der Waals surface area contributed by atoms with Crippen LogP contribution in [0.15, 0.2) is 0 Å². The van der Waals surface area contributed by atoms with Gasteiger partial charge in [0, 0.05) is 19.5 Å². The van der Waals surface area contributed by atoms with Crippen LogP contribution in [0.3, 0.4) is 0 Å². The van der Waals surface area contributed by atoms with Crippen LogP contribution >= 0.6 is 0 Å². The van der Waals surface area contributed by atoms with Gasteiger partial charge in [-0.25, -0.2) is 0 Å². The Labute approximate surface area is 94.0 Å². The summed E-state index contributed by atoms with van der Waals surface area (Å²) in [5, 5.41) is 0. The summed E-state index contributed by atoms with van der Waals surface area (Å²) in [6.07, 6.45) is 1.39. The second-order valence-electron chi connectivity index (χ2n) is 4.98. The van der Waals surface area contributed by atoms with E-state index >= 15 is 0 Å². The molecule has 15 heavy (non-hydrogen) atoms. The van der Waals surface area contributed by atoms with Gasteiger partial charge in [0.05, 0.1) is 0 Å². The standard InChI is InChI=1S/C12H26N2O/c1-10(2)8-14(9-11(3)4)12(15)6-5-7-13/h10-11H,5-9,13H2,1-4H3. The number of nitrogens with two attached hydrogens (primary N) is 1. The van der Waals surface area contributed by atoms with E-state index in [1.165, 1.54) is 0 Å². The minimum atomic E-state index is 0.253. The maximum absolute atomic E-state index is 11.8. The number of carbonyl (C=O) groups excluding carboxylic acids is 1. The minimum absolute atomic E-state index is 0.253. The molecular formula is C12H26N2O. The zero-order chi connectivity index (χ0) is 11.8. The second-order valence-corrected chi connectivity index (χ2v) is 4.98. The van der Waals surface area contributed by atoms with Gasteiger partial charge in [0.1, 0.15) is 0 Å². The zero-order valence-corrected chi connectivity index (χ0v) is 10.6. The second kappa shape index (κ2) is 7.69. The van der Waals surface area contributed by atoms with Gasteiger partial charge in [0.25, 0.3) is 0 Å². The highest BCUT2D eigenvalue weighted by Gasteiger charge is 2.15. The van der Waals surface area contributed by atoms with E-state index in [1.807, 2.05) is 4.90 Å². The fraction of sp³-hybridized carbons (Fsp3) is 0.917. The van der Waals surface area contributed by atoms with Crippen molar-refractivity contribution in [3.05, 3.63) is 0 Å². The Bertz CT molecular complexity index is 168. The highest BCUT2D eigenvalue weighted by atomic mass is 16.2. The molecule has 3 heteroatoms. The van der Waals surface area contributed by atoms with Gasteiger partial charge in [0.15, 0.2) is 0 Å². The van der Waals surface area contributed by atoms with Crippen molar-refractivity contribution in [1.82, 2.24) is 4.90 Å². The number of hydrogen-bond acceptors (Lipinski definition) is 2. The van der Waals surface area contributed by atoms with Crippen LogP contribution in [0.5, 0.6) is 0 Å². The third-order valence-electron chi connectivity index (χ3n) is 2.12. The topological polar surface area (TPSA) is 46.3 Å². The van der Waals surface area contributed by atoms with E-state index in [0.717, 1.165) is 19.5 Å². The summed E-state index contributed by atoms with van der Waals surface area (Å²) in [6, 6.07) is 0. The van der Waals surface area contributed by atoms with Gasteiger partial charge in [-0.3, -0.25) is 4.79 Å². The molecule has 1 amide bonds. The van der Waals surface area contributed by atoms with Crippen LogP contribution in [0, 0.1) is 11.8 Å². The average Bonchev–Trinajstić information content (AvgIpc) is 2.11. The van der Waals surface area contributed by atoms with Crippen LogP contribution in [-0.4, -0.2) is 30.4 Å². The summed E-state index contributed by atoms with van der Waals surface area (Å²) in [6.45, 7) is 10.9. The van der Waals surface area contributed by atoms with Crippen molar-refractivity contribution in [2.75, 3.05) is 19.6 Å². The van der Waals surface area contributed by atoms with E-state index < -0.39 is 0 Å². The van der Waals surface area contributed by atoms with Gasteiger partial charge in [0.2, 0.25) is 5.91 Å². The van der Waals surface area contributed by atoms with E-state index in [4.69, 9.17) is 5.73 Å². The van der Waals surface area contributed by atoms with Gasteiger partial charge < -0.3 is 10.6 Å². The Morgan fingerprint density at radius 1 is 1.13 bits per heavy atom. The first-order chi connectivity index (χ1) is 6.97. The van der Waals surface area contributed by atoms with E-state index in [-0.39, 0.29) is 5.91 Å². The zero-order valence-electron chi connectivity index (χ0n) is 10.6. The Hall–Kier alpha value is -0.570. The lowest BCUT2D eigenvalue weighted by atomic mass is 10.1. The lowest BCUT2D eigenvalue weighted by molar-refractivity contribution is -0.132. The first-order valence-corrected chi connectivity index (χ1v) is 5.95. The number of nitrogens with zero attached hydrogens (tertiary/aromatic N) is 1. The fourth-order valence-electron chi connectivity index (χ4n) is 1.57. The van der Waals surface area contributed by atoms with Crippen molar-refractivity contribution < 1.29 is 4.79 Å². The van der Waals surface area contributed by atoms with Gasteiger partial charge in [-0.1, -0.05) is 27.7 Å². The summed E-state index contributed by atoms with van der Waals surface area (Å²) in [5.74, 6) is 1.32. The maximum Gasteiger partial charge on any atom is 0.222 e. The molecule has 0 fully saturated rings. The van der Waals surface area contributed by atoms with E-state index in [1.54, 1.807) is 0 Å². The van der Waals surface area contributed by atoms with E-state index in [2.05, 4.69) is 27.7 Å². The van der Waals surface area contributed by atoms with Crippen LogP contribution in [-0.2, 0) is 4.79 Å². The maximum atomic E-state index is 11.8. The first-order valence-electron chi connectivity index (χ1n) is 5.95. The Kier molecular flexibility index (Phi) is 7.39. The number of amides is 1. The molecule has 0 aromatic carbocycles. The Morgan fingerprint density at radius 3 is 1.93 bits per heavy atom. The lowest BCUT2D eigenvalue weighted by Gasteiger charge is -2.26. The van der Waals surface area contributed by atoms with Crippen LogP contribution in [0.2, 0.25) is 0 Å². The largest absolute Gasteiger partial charge is 0.342 e. The predicted octanol–water partition coefficient (Wildman–Crippen LogP) is 1.87. The third-order valence-corrected chi connectivity index (χ3v) is 2.12. The molecule has 0 aromatic rings. The minimum Gasteiger partial charge on any atom is -0.342 e. The van der Waals surface area contributed by atoms with Crippen molar-refractivity contribution >= 4 is 5.91 Å². The molecule has 2 N–H and O–H groups in total. The van der Waals surface area contributed by atoms with Crippen LogP contribution in [0.1, 0.15) is 40.5 Å². The highest BCUT2D eigenvalue weighted by molar-refractivity contribution is 5.76. The smallest absolute Gasteiger partial charge is 0.222 e. The average molecular weight is 214 g/mol. The van der Waals surface area contributed by atoms with Crippen molar-refractivity contribution in [1.29, 1.82) is 0 Å². The Balaban J connectivity index is 4.14. The van der Waals surface area contributed by atoms with E-state index in [0.29, 0.717) is 24.8 Å². The highest BCUT2D eigenvalue weighted by Crippen LogP contribution is 2.06. The molecule has 0 radical (unpaired) electrons. The molecule has 90 valence electrons. The summed E-state index contributed by atoms with van der Waals surface area (Å²) >= 11 is 0. The normalized spacial score (nSPS) is 11.1. The van der Waals surface area contributed by atoms with Gasteiger partial charge >= 0.3 is 0 Å². The molecule has 0 atom stereocenters. The van der Waals surface area contributed by atoms with Crippen LogP contribution in [0.4, 0.5) is 0 Å². The summed E-state index contributed by atoms with van der Waals surface area (Å²) in [4.78, 5) is 13.8. The molecule has 0 saturated carbocycles. The lowest BCUT2D eigenvalue weighted by Crippen LogP contribution is -2.37. The van der Waals surface area contributed by atoms with Gasteiger partial charge in [-0.15, -0.1) is 0 Å². The molecular weight excluding hydrogens is 188 g/mol. The molecule has 0 heterocycles. The predicted molar refractivity (Wildman–Crippen MR) is 64.5 cm³/mol. The number of carbonyl (C=O) groups is 1. The third kappa shape index (κ3) is 7.37. The summed E-state index contributed by atoms with van der Waals surface area (Å²) in [5.41, 5.74) is 5.41. The number of rotatable bonds is 7. The SMILES string of the molecule is CC(C)CN(CC(C)C)C(=O)CCCN. The van der Waals surface area contributed by atoms with Gasteiger partial charge in [-0.05, 0) is 24.8 Å². The Morgan fingerprint density at radius 2 is 1.60 bits per heavy atom.